The molecule has 176 valence electrons. The Morgan fingerprint density at radius 3 is 1.06 bits per heavy atom. The topological polar surface area (TPSA) is 143 Å². The molecule has 0 radical (unpaired) electrons. The smallest absolute Gasteiger partial charge is 0.333 e. The quantitative estimate of drug-likeness (QED) is 0.176. The van der Waals surface area contributed by atoms with Crippen LogP contribution in [0.25, 0.3) is 0 Å². The van der Waals surface area contributed by atoms with Crippen molar-refractivity contribution in [2.45, 2.75) is 39.1 Å². The molecule has 0 saturated heterocycles. The summed E-state index contributed by atoms with van der Waals surface area (Å²) in [7, 11) is 0. The summed E-state index contributed by atoms with van der Waals surface area (Å²) in [5.41, 5.74) is 0.524. The van der Waals surface area contributed by atoms with Gasteiger partial charge in [0, 0.05) is 36.4 Å². The van der Waals surface area contributed by atoms with Crippen molar-refractivity contribution >= 4 is 17.9 Å². The SMILES string of the molecule is C=C(C)C(=O)OCC(O)CN(CC(O)COC(=O)C(=C)C)CC(O)COC(=O)C(=C)C. The summed E-state index contributed by atoms with van der Waals surface area (Å²) < 4.78 is 14.7. The van der Waals surface area contributed by atoms with Gasteiger partial charge in [0.2, 0.25) is 0 Å². The van der Waals surface area contributed by atoms with Gasteiger partial charge in [-0.05, 0) is 20.8 Å². The van der Waals surface area contributed by atoms with Gasteiger partial charge in [0.25, 0.3) is 0 Å². The molecule has 31 heavy (non-hydrogen) atoms. The lowest BCUT2D eigenvalue weighted by Gasteiger charge is -2.28. The minimum Gasteiger partial charge on any atom is -0.460 e. The van der Waals surface area contributed by atoms with Crippen LogP contribution in [0.4, 0.5) is 0 Å². The minimum absolute atomic E-state index is 0.0968. The van der Waals surface area contributed by atoms with Crippen LogP contribution in [0.5, 0.6) is 0 Å². The van der Waals surface area contributed by atoms with Gasteiger partial charge in [-0.3, -0.25) is 4.90 Å². The first-order chi connectivity index (χ1) is 14.3. The molecule has 3 atom stereocenters. The Kier molecular flexibility index (Phi) is 13.3. The monoisotopic (exact) mass is 443 g/mol. The van der Waals surface area contributed by atoms with E-state index in [1.807, 2.05) is 0 Å². The van der Waals surface area contributed by atoms with E-state index in [2.05, 4.69) is 19.7 Å². The van der Waals surface area contributed by atoms with E-state index < -0.39 is 36.2 Å². The number of carbonyl (C=O) groups is 3. The van der Waals surface area contributed by atoms with Gasteiger partial charge in [0.15, 0.2) is 0 Å². The number of esters is 3. The Morgan fingerprint density at radius 2 is 0.871 bits per heavy atom. The second kappa shape index (κ2) is 14.5. The normalized spacial score (nSPS) is 13.6. The van der Waals surface area contributed by atoms with E-state index in [1.165, 1.54) is 25.7 Å². The summed E-state index contributed by atoms with van der Waals surface area (Å²) in [4.78, 5) is 35.8. The fourth-order valence-electron chi connectivity index (χ4n) is 2.16. The molecule has 10 heteroatoms. The van der Waals surface area contributed by atoms with E-state index >= 15 is 0 Å². The number of carbonyl (C=O) groups excluding carboxylic acids is 3. The summed E-state index contributed by atoms with van der Waals surface area (Å²) in [5, 5.41) is 30.5. The number of hydrogen-bond acceptors (Lipinski definition) is 10. The fourth-order valence-corrected chi connectivity index (χ4v) is 2.16. The minimum atomic E-state index is -1.14. The first-order valence-corrected chi connectivity index (χ1v) is 9.57. The van der Waals surface area contributed by atoms with Gasteiger partial charge in [0.05, 0.1) is 0 Å². The molecular formula is C21H33NO9. The second-order valence-electron chi connectivity index (χ2n) is 7.32. The van der Waals surface area contributed by atoms with Crippen LogP contribution in [0.2, 0.25) is 0 Å². The van der Waals surface area contributed by atoms with Crippen molar-refractivity contribution < 1.29 is 43.9 Å². The van der Waals surface area contributed by atoms with Crippen LogP contribution in [0, 0.1) is 0 Å². The van der Waals surface area contributed by atoms with Gasteiger partial charge in [0.1, 0.15) is 38.1 Å². The number of aliphatic hydroxyl groups excluding tert-OH is 3. The first kappa shape index (κ1) is 28.5. The third-order valence-corrected chi connectivity index (χ3v) is 3.67. The molecule has 10 nitrogen and oxygen atoms in total. The molecule has 3 unspecified atom stereocenters. The second-order valence-corrected chi connectivity index (χ2v) is 7.32. The largest absolute Gasteiger partial charge is 0.460 e. The Bertz CT molecular complexity index is 583. The number of rotatable bonds is 15. The summed E-state index contributed by atoms with van der Waals surface area (Å²) >= 11 is 0. The Balaban J connectivity index is 4.89. The number of nitrogens with zero attached hydrogens (tertiary/aromatic N) is 1. The first-order valence-electron chi connectivity index (χ1n) is 9.57. The van der Waals surface area contributed by atoms with Crippen molar-refractivity contribution in [2.75, 3.05) is 39.5 Å². The predicted octanol–water partition coefficient (Wildman–Crippen LogP) is -0.271. The van der Waals surface area contributed by atoms with Gasteiger partial charge in [-0.1, -0.05) is 19.7 Å². The Morgan fingerprint density at radius 1 is 0.645 bits per heavy atom. The lowest BCUT2D eigenvalue weighted by Crippen LogP contribution is -2.45. The van der Waals surface area contributed by atoms with Crippen molar-refractivity contribution in [3.05, 3.63) is 36.5 Å². The van der Waals surface area contributed by atoms with Crippen LogP contribution in [0.3, 0.4) is 0 Å². The molecule has 0 heterocycles. The molecule has 0 rings (SSSR count). The maximum Gasteiger partial charge on any atom is 0.333 e. The highest BCUT2D eigenvalue weighted by atomic mass is 16.6. The van der Waals surface area contributed by atoms with Crippen LogP contribution < -0.4 is 0 Å². The zero-order valence-corrected chi connectivity index (χ0v) is 18.3. The van der Waals surface area contributed by atoms with E-state index in [9.17, 15) is 29.7 Å². The lowest BCUT2D eigenvalue weighted by molar-refractivity contribution is -0.143. The van der Waals surface area contributed by atoms with E-state index in [1.54, 1.807) is 0 Å². The molecule has 0 amide bonds. The van der Waals surface area contributed by atoms with Crippen molar-refractivity contribution in [3.8, 4) is 0 Å². The van der Waals surface area contributed by atoms with E-state index in [-0.39, 0.29) is 56.2 Å². The van der Waals surface area contributed by atoms with Crippen molar-refractivity contribution in [2.24, 2.45) is 0 Å². The van der Waals surface area contributed by atoms with Crippen LogP contribution in [-0.4, -0.2) is 95.9 Å². The molecule has 0 aliphatic carbocycles. The Labute approximate surface area is 182 Å². The van der Waals surface area contributed by atoms with E-state index in [0.29, 0.717) is 0 Å². The van der Waals surface area contributed by atoms with E-state index in [4.69, 9.17) is 14.2 Å². The van der Waals surface area contributed by atoms with Gasteiger partial charge >= 0.3 is 17.9 Å². The third-order valence-electron chi connectivity index (χ3n) is 3.67. The number of hydrogen-bond donors (Lipinski definition) is 3. The van der Waals surface area contributed by atoms with Crippen molar-refractivity contribution in [1.29, 1.82) is 0 Å². The molecular weight excluding hydrogens is 410 g/mol. The van der Waals surface area contributed by atoms with Gasteiger partial charge in [-0.15, -0.1) is 0 Å². The maximum absolute atomic E-state index is 11.5. The van der Waals surface area contributed by atoms with Crippen molar-refractivity contribution in [1.82, 2.24) is 4.90 Å². The highest BCUT2D eigenvalue weighted by Crippen LogP contribution is 2.04. The van der Waals surface area contributed by atoms with Gasteiger partial charge in [-0.2, -0.15) is 0 Å². The van der Waals surface area contributed by atoms with Crippen molar-refractivity contribution in [3.63, 3.8) is 0 Å². The molecule has 0 bridgehead atoms. The highest BCUT2D eigenvalue weighted by molar-refractivity contribution is 5.87. The molecule has 0 spiro atoms. The maximum atomic E-state index is 11.5. The average molecular weight is 443 g/mol. The standard InChI is InChI=1S/C21H33NO9/c1-13(2)19(26)29-10-16(23)7-22(8-17(24)11-30-20(27)14(3)4)9-18(25)12-31-21(28)15(5)6/h16-18,23-25H,1,3,5,7-12H2,2,4,6H3. The van der Waals surface area contributed by atoms with Crippen LogP contribution >= 0.6 is 0 Å². The van der Waals surface area contributed by atoms with Crippen LogP contribution in [0.15, 0.2) is 36.5 Å². The summed E-state index contributed by atoms with van der Waals surface area (Å²) in [6.07, 6.45) is -3.42. The molecule has 0 aliphatic rings. The summed E-state index contributed by atoms with van der Waals surface area (Å²) in [6, 6.07) is 0. The van der Waals surface area contributed by atoms with Crippen LogP contribution in [0.1, 0.15) is 20.8 Å². The fraction of sp³-hybridized carbons (Fsp3) is 0.571. The summed E-state index contributed by atoms with van der Waals surface area (Å²) in [6.45, 7) is 13.4. The molecule has 0 aliphatic heterocycles. The Hall–Kier alpha value is -2.53. The van der Waals surface area contributed by atoms with Gasteiger partial charge < -0.3 is 29.5 Å². The molecule has 0 aromatic rings. The lowest BCUT2D eigenvalue weighted by atomic mass is 10.2. The van der Waals surface area contributed by atoms with Crippen LogP contribution in [-0.2, 0) is 28.6 Å². The predicted molar refractivity (Wildman–Crippen MR) is 112 cm³/mol. The molecule has 0 aromatic heterocycles. The molecule has 0 saturated carbocycles. The number of ether oxygens (including phenoxy) is 3. The molecule has 3 N–H and O–H groups in total. The molecule has 0 aromatic carbocycles. The summed E-state index contributed by atoms with van der Waals surface area (Å²) in [5.74, 6) is -1.99. The zero-order chi connectivity index (χ0) is 24.1. The zero-order valence-electron chi connectivity index (χ0n) is 18.3. The third kappa shape index (κ3) is 13.4. The molecule has 0 fully saturated rings. The number of aliphatic hydroxyl groups is 3. The average Bonchev–Trinajstić information content (AvgIpc) is 2.67. The highest BCUT2D eigenvalue weighted by Gasteiger charge is 2.22. The van der Waals surface area contributed by atoms with E-state index in [0.717, 1.165) is 0 Å². The van der Waals surface area contributed by atoms with Gasteiger partial charge in [-0.25, -0.2) is 14.4 Å².